The molecule has 0 saturated carbocycles. The van der Waals surface area contributed by atoms with Crippen LogP contribution in [0.4, 0.5) is 0 Å². The number of rotatable bonds is 1. The van der Waals surface area contributed by atoms with E-state index < -0.39 is 10.1 Å². The van der Waals surface area contributed by atoms with E-state index in [1.54, 1.807) is 12.1 Å². The minimum absolute atomic E-state index is 0. The van der Waals surface area contributed by atoms with E-state index in [1.165, 1.54) is 26.0 Å². The number of ketones is 1. The molecule has 0 aliphatic carbocycles. The highest BCUT2D eigenvalue weighted by Crippen LogP contribution is 2.08. The van der Waals surface area contributed by atoms with Gasteiger partial charge in [0.2, 0.25) is 0 Å². The molecule has 0 saturated heterocycles. The second-order valence-corrected chi connectivity index (χ2v) is 4.62. The van der Waals surface area contributed by atoms with Crippen LogP contribution in [0.1, 0.15) is 19.4 Å². The van der Waals surface area contributed by atoms with Gasteiger partial charge in [-0.2, -0.15) is 8.42 Å². The van der Waals surface area contributed by atoms with Crippen molar-refractivity contribution < 1.29 is 23.2 Å². The van der Waals surface area contributed by atoms with Crippen molar-refractivity contribution in [1.29, 1.82) is 0 Å². The summed E-state index contributed by atoms with van der Waals surface area (Å²) in [4.78, 5) is 9.38. The quantitative estimate of drug-likeness (QED) is 0.749. The molecule has 1 aromatic rings. The summed E-state index contributed by atoms with van der Waals surface area (Å²) in [5.41, 5.74) is 0.956. The Morgan fingerprint density at radius 3 is 1.69 bits per heavy atom. The SMILES string of the molecule is CC(C)=O.Cc1ccc(S(=O)(=O)O)cc1.O. The Morgan fingerprint density at radius 2 is 1.44 bits per heavy atom. The second kappa shape index (κ2) is 7.10. The summed E-state index contributed by atoms with van der Waals surface area (Å²) in [5, 5.41) is 0. The van der Waals surface area contributed by atoms with Gasteiger partial charge in [-0.3, -0.25) is 4.55 Å². The van der Waals surface area contributed by atoms with Crippen molar-refractivity contribution in [2.24, 2.45) is 0 Å². The van der Waals surface area contributed by atoms with Crippen LogP contribution in [0.2, 0.25) is 0 Å². The molecule has 6 heteroatoms. The van der Waals surface area contributed by atoms with Gasteiger partial charge in [-0.1, -0.05) is 17.7 Å². The van der Waals surface area contributed by atoms with Gasteiger partial charge in [0, 0.05) is 0 Å². The smallest absolute Gasteiger partial charge is 0.294 e. The molecular weight excluding hydrogens is 232 g/mol. The lowest BCUT2D eigenvalue weighted by molar-refractivity contribution is -0.114. The molecule has 1 aromatic carbocycles. The van der Waals surface area contributed by atoms with Crippen molar-refractivity contribution >= 4 is 15.9 Å². The van der Waals surface area contributed by atoms with Crippen LogP contribution in [-0.2, 0) is 14.9 Å². The topological polar surface area (TPSA) is 103 Å². The van der Waals surface area contributed by atoms with Gasteiger partial charge in [0.05, 0.1) is 4.90 Å². The maximum atomic E-state index is 10.5. The average molecular weight is 248 g/mol. The molecule has 92 valence electrons. The summed E-state index contributed by atoms with van der Waals surface area (Å²) < 4.78 is 29.6. The van der Waals surface area contributed by atoms with Gasteiger partial charge in [0.15, 0.2) is 0 Å². The van der Waals surface area contributed by atoms with E-state index in [0.717, 1.165) is 5.56 Å². The number of carbonyl (C=O) groups excluding carboxylic acids is 1. The zero-order valence-electron chi connectivity index (χ0n) is 9.39. The van der Waals surface area contributed by atoms with Crippen LogP contribution in [0, 0.1) is 6.92 Å². The van der Waals surface area contributed by atoms with E-state index in [1.807, 2.05) is 6.92 Å². The van der Waals surface area contributed by atoms with E-state index in [4.69, 9.17) is 4.55 Å². The Balaban J connectivity index is 0. The molecule has 1 rings (SSSR count). The molecule has 0 atom stereocenters. The zero-order valence-corrected chi connectivity index (χ0v) is 10.2. The van der Waals surface area contributed by atoms with E-state index in [9.17, 15) is 13.2 Å². The van der Waals surface area contributed by atoms with Gasteiger partial charge in [-0.15, -0.1) is 0 Å². The Morgan fingerprint density at radius 1 is 1.12 bits per heavy atom. The van der Waals surface area contributed by atoms with Crippen molar-refractivity contribution in [3.63, 3.8) is 0 Å². The van der Waals surface area contributed by atoms with Crippen LogP contribution < -0.4 is 0 Å². The highest BCUT2D eigenvalue weighted by atomic mass is 32.2. The van der Waals surface area contributed by atoms with E-state index in [0.29, 0.717) is 0 Å². The van der Waals surface area contributed by atoms with Crippen molar-refractivity contribution in [3.05, 3.63) is 29.8 Å². The van der Waals surface area contributed by atoms with Gasteiger partial charge < -0.3 is 10.3 Å². The lowest BCUT2D eigenvalue weighted by atomic mass is 10.2. The first kappa shape index (κ1) is 17.2. The maximum absolute atomic E-state index is 10.5. The first-order valence-electron chi connectivity index (χ1n) is 4.25. The first-order valence-corrected chi connectivity index (χ1v) is 5.69. The highest BCUT2D eigenvalue weighted by molar-refractivity contribution is 7.85. The van der Waals surface area contributed by atoms with Gasteiger partial charge in [-0.05, 0) is 32.9 Å². The Labute approximate surface area is 95.2 Å². The molecule has 3 N–H and O–H groups in total. The molecular formula is C10H16O5S. The standard InChI is InChI=1S/C7H8O3S.C3H6O.H2O/c1-6-2-4-7(5-3-6)11(8,9)10;1-3(2)4;/h2-5H,1H3,(H,8,9,10);1-2H3;1H2. The molecule has 16 heavy (non-hydrogen) atoms. The van der Waals surface area contributed by atoms with Gasteiger partial charge >= 0.3 is 0 Å². The molecule has 0 spiro atoms. The van der Waals surface area contributed by atoms with Crippen molar-refractivity contribution in [1.82, 2.24) is 0 Å². The summed E-state index contributed by atoms with van der Waals surface area (Å²) in [5.74, 6) is 0.167. The highest BCUT2D eigenvalue weighted by Gasteiger charge is 2.06. The zero-order chi connectivity index (χ0) is 12.1. The number of hydrogen-bond acceptors (Lipinski definition) is 3. The van der Waals surface area contributed by atoms with Crippen LogP contribution >= 0.6 is 0 Å². The molecule has 0 unspecified atom stereocenters. The fourth-order valence-corrected chi connectivity index (χ4v) is 1.19. The molecule has 0 aliphatic heterocycles. The Kier molecular flexibility index (Phi) is 7.62. The molecule has 0 fully saturated rings. The van der Waals surface area contributed by atoms with E-state index in [-0.39, 0.29) is 16.2 Å². The molecule has 0 radical (unpaired) electrons. The maximum Gasteiger partial charge on any atom is 0.294 e. The number of Topliss-reactive ketones (excluding diaryl/α,β-unsaturated/α-hetero) is 1. The normalized spacial score (nSPS) is 9.50. The minimum atomic E-state index is -4.02. The predicted molar refractivity (Wildman–Crippen MR) is 61.0 cm³/mol. The lowest BCUT2D eigenvalue weighted by Crippen LogP contribution is -1.96. The van der Waals surface area contributed by atoms with E-state index in [2.05, 4.69) is 0 Å². The second-order valence-electron chi connectivity index (χ2n) is 3.20. The van der Waals surface area contributed by atoms with Crippen LogP contribution in [-0.4, -0.2) is 24.2 Å². The number of benzene rings is 1. The Hall–Kier alpha value is -1.24. The largest absolute Gasteiger partial charge is 0.412 e. The third-order valence-electron chi connectivity index (χ3n) is 1.32. The third kappa shape index (κ3) is 8.10. The monoisotopic (exact) mass is 248 g/mol. The fraction of sp³-hybridized carbons (Fsp3) is 0.300. The Bertz CT molecular complexity index is 415. The van der Waals surface area contributed by atoms with Gasteiger partial charge in [-0.25, -0.2) is 0 Å². The first-order chi connectivity index (χ1) is 6.73. The lowest BCUT2D eigenvalue weighted by Gasteiger charge is -1.95. The van der Waals surface area contributed by atoms with Crippen LogP contribution in [0.3, 0.4) is 0 Å². The van der Waals surface area contributed by atoms with Crippen molar-refractivity contribution in [3.8, 4) is 0 Å². The predicted octanol–water partition coefficient (Wildman–Crippen LogP) is 1.01. The summed E-state index contributed by atoms with van der Waals surface area (Å²) in [7, 11) is -4.02. The summed E-state index contributed by atoms with van der Waals surface area (Å²) in [6.07, 6.45) is 0. The fourth-order valence-electron chi connectivity index (χ4n) is 0.710. The van der Waals surface area contributed by atoms with Gasteiger partial charge in [0.25, 0.3) is 10.1 Å². The summed E-state index contributed by atoms with van der Waals surface area (Å²) in [6, 6.07) is 5.99. The van der Waals surface area contributed by atoms with Crippen molar-refractivity contribution in [2.75, 3.05) is 0 Å². The molecule has 0 heterocycles. The van der Waals surface area contributed by atoms with Crippen LogP contribution in [0.5, 0.6) is 0 Å². The number of aryl methyl sites for hydroxylation is 1. The molecule has 0 bridgehead atoms. The number of carbonyl (C=O) groups is 1. The molecule has 5 nitrogen and oxygen atoms in total. The van der Waals surface area contributed by atoms with Crippen LogP contribution in [0.25, 0.3) is 0 Å². The summed E-state index contributed by atoms with van der Waals surface area (Å²) >= 11 is 0. The average Bonchev–Trinajstić information content (AvgIpc) is 2.01. The van der Waals surface area contributed by atoms with Crippen LogP contribution in [0.15, 0.2) is 29.2 Å². The molecule has 0 aliphatic rings. The summed E-state index contributed by atoms with van der Waals surface area (Å²) in [6.45, 7) is 4.90. The van der Waals surface area contributed by atoms with E-state index >= 15 is 0 Å². The molecule has 0 amide bonds. The third-order valence-corrected chi connectivity index (χ3v) is 2.19. The number of hydrogen-bond donors (Lipinski definition) is 1. The minimum Gasteiger partial charge on any atom is -0.412 e. The molecule has 0 aromatic heterocycles. The van der Waals surface area contributed by atoms with Crippen molar-refractivity contribution in [2.45, 2.75) is 25.7 Å². The van der Waals surface area contributed by atoms with Gasteiger partial charge in [0.1, 0.15) is 5.78 Å².